The second-order valence-corrected chi connectivity index (χ2v) is 17.2. The number of imidazole rings is 1. The van der Waals surface area contributed by atoms with Crippen molar-refractivity contribution in [1.29, 1.82) is 0 Å². The van der Waals surface area contributed by atoms with Crippen molar-refractivity contribution in [1.82, 2.24) is 9.55 Å². The first kappa shape index (κ1) is 38.6. The molecule has 1 heterocycles. The lowest BCUT2D eigenvalue weighted by Crippen LogP contribution is -2.04. The van der Waals surface area contributed by atoms with Gasteiger partial charge < -0.3 is 5.11 Å². The van der Waals surface area contributed by atoms with E-state index in [1.165, 1.54) is 76.5 Å². The summed E-state index contributed by atoms with van der Waals surface area (Å²) in [6, 6.07) is 79.1. The second-order valence-electron chi connectivity index (χ2n) is 17.2. The van der Waals surface area contributed by atoms with Crippen LogP contribution < -0.4 is 0 Å². The van der Waals surface area contributed by atoms with Crippen molar-refractivity contribution in [2.45, 2.75) is 20.0 Å². The highest BCUT2D eigenvalue weighted by atomic mass is 16.3. The Morgan fingerprint density at radius 2 is 0.923 bits per heavy atom. The van der Waals surface area contributed by atoms with Gasteiger partial charge in [0.15, 0.2) is 0 Å². The average molecular weight is 833 g/mol. The lowest BCUT2D eigenvalue weighted by atomic mass is 9.84. The molecule has 0 radical (unpaired) electrons. The van der Waals surface area contributed by atoms with Crippen LogP contribution >= 0.6 is 0 Å². The van der Waals surface area contributed by atoms with E-state index in [0.717, 1.165) is 56.8 Å². The van der Waals surface area contributed by atoms with Crippen LogP contribution in [0.1, 0.15) is 22.5 Å². The van der Waals surface area contributed by atoms with Crippen LogP contribution in [0.5, 0.6) is 0 Å². The molecular formula is C62H44N2O. The van der Waals surface area contributed by atoms with E-state index < -0.39 is 0 Å². The predicted molar refractivity (Wildman–Crippen MR) is 273 cm³/mol. The van der Waals surface area contributed by atoms with Gasteiger partial charge in [-0.3, -0.25) is 4.57 Å². The van der Waals surface area contributed by atoms with Gasteiger partial charge >= 0.3 is 0 Å². The molecule has 0 atom stereocenters. The van der Waals surface area contributed by atoms with Crippen molar-refractivity contribution in [3.05, 3.63) is 241 Å². The third kappa shape index (κ3) is 6.77. The molecule has 3 heteroatoms. The lowest BCUT2D eigenvalue weighted by Gasteiger charge is -2.19. The molecule has 11 aromatic carbocycles. The molecule has 0 unspecified atom stereocenters. The van der Waals surface area contributed by atoms with Gasteiger partial charge in [-0.25, -0.2) is 4.98 Å². The summed E-state index contributed by atoms with van der Waals surface area (Å²) in [5, 5.41) is 20.7. The molecule has 0 saturated carbocycles. The largest absolute Gasteiger partial charge is 0.392 e. The molecule has 0 bridgehead atoms. The third-order valence-corrected chi connectivity index (χ3v) is 13.3. The highest BCUT2D eigenvalue weighted by molar-refractivity contribution is 6.22. The first-order valence-corrected chi connectivity index (χ1v) is 22.4. The van der Waals surface area contributed by atoms with Gasteiger partial charge in [-0.15, -0.1) is 0 Å². The van der Waals surface area contributed by atoms with Crippen molar-refractivity contribution in [2.24, 2.45) is 0 Å². The molecule has 0 aliphatic rings. The maximum absolute atomic E-state index is 10.9. The summed E-state index contributed by atoms with van der Waals surface area (Å²) in [5.41, 5.74) is 15.7. The average Bonchev–Trinajstić information content (AvgIpc) is 3.71. The number of aryl methyl sites for hydroxylation is 1. The van der Waals surface area contributed by atoms with E-state index in [0.29, 0.717) is 0 Å². The Morgan fingerprint density at radius 3 is 1.57 bits per heavy atom. The zero-order chi connectivity index (χ0) is 43.4. The zero-order valence-corrected chi connectivity index (χ0v) is 36.0. The number of nitrogens with zero attached hydrogens (tertiary/aromatic N) is 2. The Balaban J connectivity index is 0.966. The molecule has 65 heavy (non-hydrogen) atoms. The fraction of sp³-hybridized carbons (Fsp3) is 0.0484. The molecule has 12 aromatic rings. The minimum atomic E-state index is -0.0896. The molecule has 0 spiro atoms. The van der Waals surface area contributed by atoms with Crippen molar-refractivity contribution in [3.63, 3.8) is 0 Å². The number of fused-ring (bicyclic) bond motifs is 5. The summed E-state index contributed by atoms with van der Waals surface area (Å²) in [7, 11) is 0. The summed E-state index contributed by atoms with van der Waals surface area (Å²) < 4.78 is 2.21. The van der Waals surface area contributed by atoms with Crippen LogP contribution in [0.25, 0.3) is 104 Å². The summed E-state index contributed by atoms with van der Waals surface area (Å²) >= 11 is 0. The number of aromatic nitrogens is 2. The quantitative estimate of drug-likeness (QED) is 0.155. The smallest absolute Gasteiger partial charge is 0.111 e. The van der Waals surface area contributed by atoms with Crippen LogP contribution in [0.15, 0.2) is 218 Å². The summed E-state index contributed by atoms with van der Waals surface area (Å²) in [5.74, 6) is 0.892. The number of rotatable bonds is 8. The van der Waals surface area contributed by atoms with Crippen LogP contribution in [-0.4, -0.2) is 14.7 Å². The van der Waals surface area contributed by atoms with Crippen LogP contribution in [0.3, 0.4) is 0 Å². The van der Waals surface area contributed by atoms with E-state index in [9.17, 15) is 5.11 Å². The third-order valence-electron chi connectivity index (χ3n) is 13.3. The number of para-hydroxylation sites is 1. The van der Waals surface area contributed by atoms with Crippen LogP contribution in [0.2, 0.25) is 0 Å². The molecule has 0 aliphatic carbocycles. The maximum Gasteiger partial charge on any atom is 0.111 e. The molecular weight excluding hydrogens is 789 g/mol. The molecule has 308 valence electrons. The van der Waals surface area contributed by atoms with Crippen molar-refractivity contribution in [3.8, 4) is 50.2 Å². The van der Waals surface area contributed by atoms with E-state index >= 15 is 0 Å². The minimum absolute atomic E-state index is 0.0896. The summed E-state index contributed by atoms with van der Waals surface area (Å²) in [6.45, 7) is 1.96. The maximum atomic E-state index is 10.9. The Labute approximate surface area is 378 Å². The Morgan fingerprint density at radius 1 is 0.400 bits per heavy atom. The molecule has 3 nitrogen and oxygen atoms in total. The van der Waals surface area contributed by atoms with Crippen molar-refractivity contribution < 1.29 is 5.11 Å². The Hall–Kier alpha value is -8.11. The minimum Gasteiger partial charge on any atom is -0.392 e. The van der Waals surface area contributed by atoms with Gasteiger partial charge in [0.2, 0.25) is 0 Å². The SMILES string of the molecule is Cc1nc2cccc(Cc3ccccc3)c2n1-c1ccc(-c2ccc(-c3ccc4c(-c5ccc6ccccc6c5)c5ccccc5c(-c5ccc6ccccc6c5)c4c3)cc2)cc1CO. The van der Waals surface area contributed by atoms with E-state index in [1.807, 2.05) is 6.92 Å². The van der Waals surface area contributed by atoms with Crippen LogP contribution in [-0.2, 0) is 13.0 Å². The molecule has 0 aliphatic heterocycles. The molecule has 1 aromatic heterocycles. The second kappa shape index (κ2) is 15.9. The molecule has 12 rings (SSSR count). The van der Waals surface area contributed by atoms with Gasteiger partial charge in [0.1, 0.15) is 5.82 Å². The first-order valence-electron chi connectivity index (χ1n) is 22.4. The van der Waals surface area contributed by atoms with Gasteiger partial charge in [0.25, 0.3) is 0 Å². The monoisotopic (exact) mass is 832 g/mol. The van der Waals surface area contributed by atoms with Crippen molar-refractivity contribution in [2.75, 3.05) is 0 Å². The van der Waals surface area contributed by atoms with Crippen LogP contribution in [0.4, 0.5) is 0 Å². The highest BCUT2D eigenvalue weighted by Gasteiger charge is 2.20. The zero-order valence-electron chi connectivity index (χ0n) is 36.0. The van der Waals surface area contributed by atoms with E-state index in [2.05, 4.69) is 223 Å². The van der Waals surface area contributed by atoms with Crippen LogP contribution in [0, 0.1) is 6.92 Å². The highest BCUT2D eigenvalue weighted by Crippen LogP contribution is 2.46. The van der Waals surface area contributed by atoms with E-state index in [4.69, 9.17) is 4.98 Å². The summed E-state index contributed by atoms with van der Waals surface area (Å²) in [4.78, 5) is 4.97. The Bertz CT molecular complexity index is 3790. The molecule has 0 saturated heterocycles. The number of aliphatic hydroxyl groups is 1. The van der Waals surface area contributed by atoms with Gasteiger partial charge in [0, 0.05) is 5.56 Å². The number of benzene rings is 11. The fourth-order valence-corrected chi connectivity index (χ4v) is 10.2. The van der Waals surface area contributed by atoms with E-state index in [1.54, 1.807) is 0 Å². The first-order chi connectivity index (χ1) is 32.1. The van der Waals surface area contributed by atoms with Gasteiger partial charge in [-0.05, 0) is 148 Å². The Kier molecular flexibility index (Phi) is 9.44. The van der Waals surface area contributed by atoms with Gasteiger partial charge in [0.05, 0.1) is 23.3 Å². The number of hydrogen-bond donors (Lipinski definition) is 1. The standard InChI is InChI=1S/C62H44N2O/c1-40-63-58-21-11-18-52(34-41-12-3-2-4-13-41)62(58)64(40)59-33-31-48(37-53(59)39-65)44-22-24-45(25-23-44)49-30-32-56-57(38-49)61(51-29-27-43-15-6-8-17-47(43)36-51)55-20-10-9-19-54(55)60(56)50-28-26-42-14-5-7-16-46(42)35-50/h2-33,35-38,65H,34,39H2,1H3. The topological polar surface area (TPSA) is 38.0 Å². The molecule has 1 N–H and O–H groups in total. The molecule has 0 amide bonds. The van der Waals surface area contributed by atoms with Gasteiger partial charge in [-0.1, -0.05) is 182 Å². The predicted octanol–water partition coefficient (Wildman–Crippen LogP) is 15.7. The number of aliphatic hydroxyl groups excluding tert-OH is 1. The molecule has 0 fully saturated rings. The normalized spacial score (nSPS) is 11.7. The number of hydrogen-bond acceptors (Lipinski definition) is 2. The fourth-order valence-electron chi connectivity index (χ4n) is 10.2. The van der Waals surface area contributed by atoms with Gasteiger partial charge in [-0.2, -0.15) is 0 Å². The van der Waals surface area contributed by atoms with E-state index in [-0.39, 0.29) is 6.61 Å². The summed E-state index contributed by atoms with van der Waals surface area (Å²) in [6.07, 6.45) is 0.798. The lowest BCUT2D eigenvalue weighted by molar-refractivity contribution is 0.281. The van der Waals surface area contributed by atoms with Crippen molar-refractivity contribution >= 4 is 54.1 Å².